The molecule has 0 fully saturated rings. The summed E-state index contributed by atoms with van der Waals surface area (Å²) in [5.41, 5.74) is 6.92. The van der Waals surface area contributed by atoms with E-state index in [1.165, 1.54) is 12.1 Å². The number of nitrogens with one attached hydrogen (secondary N) is 1. The van der Waals surface area contributed by atoms with E-state index in [0.717, 1.165) is 45.0 Å². The van der Waals surface area contributed by atoms with E-state index in [1.54, 1.807) is 19.2 Å². The number of benzene rings is 3. The molecule has 5 rings (SSSR count). The van der Waals surface area contributed by atoms with Crippen molar-refractivity contribution in [2.24, 2.45) is 0 Å². The quantitative estimate of drug-likeness (QED) is 0.247. The molecule has 0 bridgehead atoms. The number of rotatable bonds is 7. The summed E-state index contributed by atoms with van der Waals surface area (Å²) in [5, 5.41) is 3.47. The third-order valence-electron chi connectivity index (χ3n) is 6.26. The number of pyridine rings is 1. The van der Waals surface area contributed by atoms with Crippen LogP contribution in [0.3, 0.4) is 0 Å². The number of carbonyl (C=O) groups excluding carboxylic acids is 1. The van der Waals surface area contributed by atoms with Crippen LogP contribution in [0, 0.1) is 12.7 Å². The number of ether oxygens (including phenoxy) is 1. The van der Waals surface area contributed by atoms with E-state index in [0.29, 0.717) is 17.1 Å². The first kappa shape index (κ1) is 24.5. The van der Waals surface area contributed by atoms with E-state index in [2.05, 4.69) is 5.32 Å². The molecule has 5 nitrogen and oxygen atoms in total. The van der Waals surface area contributed by atoms with Crippen molar-refractivity contribution < 1.29 is 13.9 Å². The Morgan fingerprint density at radius 1 is 1.03 bits per heavy atom. The van der Waals surface area contributed by atoms with Crippen LogP contribution in [0.1, 0.15) is 17.7 Å². The maximum Gasteiger partial charge on any atom is 0.224 e. The highest BCUT2D eigenvalue weighted by Gasteiger charge is 2.17. The van der Waals surface area contributed by atoms with Crippen molar-refractivity contribution >= 4 is 28.8 Å². The van der Waals surface area contributed by atoms with Gasteiger partial charge in [-0.15, -0.1) is 0 Å². The fourth-order valence-electron chi connectivity index (χ4n) is 4.47. The average Bonchev–Trinajstić information content (AvgIpc) is 3.25. The monoisotopic (exact) mass is 513 g/mol. The molecule has 0 saturated carbocycles. The number of halogens is 2. The van der Waals surface area contributed by atoms with Gasteiger partial charge in [0.15, 0.2) is 0 Å². The zero-order valence-corrected chi connectivity index (χ0v) is 21.2. The van der Waals surface area contributed by atoms with Crippen molar-refractivity contribution in [2.75, 3.05) is 12.4 Å². The first-order valence-electron chi connectivity index (χ1n) is 11.9. The first-order valence-corrected chi connectivity index (χ1v) is 12.3. The van der Waals surface area contributed by atoms with Crippen molar-refractivity contribution in [1.29, 1.82) is 0 Å². The normalized spacial score (nSPS) is 11.0. The summed E-state index contributed by atoms with van der Waals surface area (Å²) in [5.74, 6) is 0.119. The van der Waals surface area contributed by atoms with Gasteiger partial charge in [0.1, 0.15) is 17.2 Å². The minimum absolute atomic E-state index is 0.200. The molecule has 3 aromatic carbocycles. The molecule has 0 aliphatic carbocycles. The van der Waals surface area contributed by atoms with Crippen molar-refractivity contribution in [3.63, 3.8) is 0 Å². The number of aryl methyl sites for hydroxylation is 2. The van der Waals surface area contributed by atoms with Gasteiger partial charge < -0.3 is 14.5 Å². The van der Waals surface area contributed by atoms with Gasteiger partial charge in [0.25, 0.3) is 0 Å². The summed E-state index contributed by atoms with van der Waals surface area (Å²) in [6.45, 7) is 2.03. The van der Waals surface area contributed by atoms with Crippen LogP contribution in [-0.2, 0) is 11.2 Å². The van der Waals surface area contributed by atoms with Crippen molar-refractivity contribution in [3.05, 3.63) is 107 Å². The molecule has 0 aliphatic rings. The topological polar surface area (TPSA) is 55.6 Å². The van der Waals surface area contributed by atoms with E-state index in [9.17, 15) is 9.18 Å². The lowest BCUT2D eigenvalue weighted by atomic mass is 10.0. The van der Waals surface area contributed by atoms with Crippen LogP contribution < -0.4 is 10.1 Å². The molecule has 0 saturated heterocycles. The van der Waals surface area contributed by atoms with Gasteiger partial charge in [-0.2, -0.15) is 0 Å². The molecule has 5 aromatic rings. The Labute approximate surface area is 219 Å². The van der Waals surface area contributed by atoms with Crippen LogP contribution in [0.5, 0.6) is 5.75 Å². The highest BCUT2D eigenvalue weighted by molar-refractivity contribution is 6.30. The van der Waals surface area contributed by atoms with Gasteiger partial charge in [-0.05, 0) is 84.6 Å². The lowest BCUT2D eigenvalue weighted by Gasteiger charge is -2.10. The number of hydrogen-bond donors (Lipinski definition) is 1. The Bertz CT molecular complexity index is 1610. The Morgan fingerprint density at radius 2 is 1.86 bits per heavy atom. The minimum Gasteiger partial charge on any atom is -0.497 e. The van der Waals surface area contributed by atoms with Gasteiger partial charge in [-0.3, -0.25) is 4.79 Å². The van der Waals surface area contributed by atoms with Crippen LogP contribution in [0.25, 0.3) is 28.0 Å². The van der Waals surface area contributed by atoms with Crippen molar-refractivity contribution in [1.82, 2.24) is 9.38 Å². The number of amides is 1. The van der Waals surface area contributed by atoms with Gasteiger partial charge in [0, 0.05) is 28.9 Å². The number of nitrogens with zero attached hydrogens (tertiary/aromatic N) is 2. The molecule has 0 aliphatic heterocycles. The largest absolute Gasteiger partial charge is 0.497 e. The molecule has 2 aromatic heterocycles. The predicted octanol–water partition coefficient (Wildman–Crippen LogP) is 7.35. The third-order valence-corrected chi connectivity index (χ3v) is 6.49. The van der Waals surface area contributed by atoms with Crippen LogP contribution in [0.4, 0.5) is 10.1 Å². The molecule has 0 spiro atoms. The molecule has 1 amide bonds. The van der Waals surface area contributed by atoms with Gasteiger partial charge in [-0.25, -0.2) is 9.37 Å². The Hall–Kier alpha value is -4.16. The molecular weight excluding hydrogens is 489 g/mol. The van der Waals surface area contributed by atoms with Crippen molar-refractivity contribution in [3.8, 4) is 28.1 Å². The van der Waals surface area contributed by atoms with Gasteiger partial charge in [-0.1, -0.05) is 35.9 Å². The zero-order valence-electron chi connectivity index (χ0n) is 20.5. The first-order chi connectivity index (χ1) is 17.9. The van der Waals surface area contributed by atoms with Gasteiger partial charge >= 0.3 is 0 Å². The summed E-state index contributed by atoms with van der Waals surface area (Å²) >= 11 is 6.17. The van der Waals surface area contributed by atoms with Gasteiger partial charge in [0.2, 0.25) is 5.91 Å². The molecule has 7 heteroatoms. The molecule has 0 unspecified atom stereocenters. The summed E-state index contributed by atoms with van der Waals surface area (Å²) < 4.78 is 21.0. The highest BCUT2D eigenvalue weighted by atomic mass is 35.5. The summed E-state index contributed by atoms with van der Waals surface area (Å²) in [6, 6.07) is 23.4. The summed E-state index contributed by atoms with van der Waals surface area (Å²) in [6.07, 6.45) is 2.67. The zero-order chi connectivity index (χ0) is 25.9. The van der Waals surface area contributed by atoms with Crippen LogP contribution >= 0.6 is 11.6 Å². The Kier molecular flexibility index (Phi) is 6.93. The smallest absolute Gasteiger partial charge is 0.224 e. The second-order valence-corrected chi connectivity index (χ2v) is 9.24. The maximum absolute atomic E-state index is 13.6. The lowest BCUT2D eigenvalue weighted by Crippen LogP contribution is -2.13. The maximum atomic E-state index is 13.6. The predicted molar refractivity (Wildman–Crippen MR) is 146 cm³/mol. The highest BCUT2D eigenvalue weighted by Crippen LogP contribution is 2.31. The fourth-order valence-corrected chi connectivity index (χ4v) is 4.69. The average molecular weight is 514 g/mol. The van der Waals surface area contributed by atoms with Crippen LogP contribution in [0.2, 0.25) is 5.02 Å². The van der Waals surface area contributed by atoms with Gasteiger partial charge in [0.05, 0.1) is 18.5 Å². The molecule has 37 heavy (non-hydrogen) atoms. The lowest BCUT2D eigenvalue weighted by molar-refractivity contribution is -0.116. The second-order valence-electron chi connectivity index (χ2n) is 8.80. The Morgan fingerprint density at radius 3 is 2.65 bits per heavy atom. The number of imidazole rings is 1. The van der Waals surface area contributed by atoms with E-state index in [-0.39, 0.29) is 12.3 Å². The van der Waals surface area contributed by atoms with E-state index >= 15 is 0 Å². The number of hydrogen-bond acceptors (Lipinski definition) is 3. The fraction of sp³-hybridized carbons (Fsp3) is 0.133. The molecular formula is C30H25ClFN3O2. The van der Waals surface area contributed by atoms with Crippen molar-refractivity contribution in [2.45, 2.75) is 19.8 Å². The number of methoxy groups -OCH3 is 1. The summed E-state index contributed by atoms with van der Waals surface area (Å²) in [7, 11) is 1.63. The number of carbonyl (C=O) groups is 1. The molecule has 1 N–H and O–H groups in total. The number of anilines is 1. The van der Waals surface area contributed by atoms with E-state index in [1.807, 2.05) is 72.1 Å². The molecule has 186 valence electrons. The number of fused-ring (bicyclic) bond motifs is 1. The summed E-state index contributed by atoms with van der Waals surface area (Å²) in [4.78, 5) is 17.7. The molecule has 0 atom stereocenters. The third kappa shape index (κ3) is 5.34. The molecule has 0 radical (unpaired) electrons. The Balaban J connectivity index is 1.54. The minimum atomic E-state index is -0.398. The van der Waals surface area contributed by atoms with Crippen LogP contribution in [0.15, 0.2) is 85.1 Å². The SMILES string of the molecule is COc1cccc(-c2nc3ccc(-c4ccc(Cl)cc4C)cn3c2CCC(=O)Nc2cccc(F)c2)c1. The second kappa shape index (κ2) is 10.4. The van der Waals surface area contributed by atoms with Crippen LogP contribution in [-0.4, -0.2) is 22.4 Å². The number of aromatic nitrogens is 2. The molecule has 2 heterocycles. The van der Waals surface area contributed by atoms with E-state index < -0.39 is 5.82 Å². The standard InChI is InChI=1S/C30H25ClFN3O2/c1-19-15-22(31)10-11-26(19)21-9-13-28-34-30(20-5-3-8-25(16-20)37-2)27(35(28)18-21)12-14-29(36)33-24-7-4-6-23(32)17-24/h3-11,13,15-18H,12,14H2,1-2H3,(H,33,36). The van der Waals surface area contributed by atoms with E-state index in [4.69, 9.17) is 21.3 Å².